The van der Waals surface area contributed by atoms with Gasteiger partial charge in [-0.15, -0.1) is 0 Å². The highest BCUT2D eigenvalue weighted by Crippen LogP contribution is 2.28. The number of nitrogens with zero attached hydrogens (tertiary/aromatic N) is 2. The van der Waals surface area contributed by atoms with Gasteiger partial charge in [0.1, 0.15) is 18.3 Å². The van der Waals surface area contributed by atoms with E-state index in [2.05, 4.69) is 5.32 Å². The first-order valence-electron chi connectivity index (χ1n) is 16.3. The Kier molecular flexibility index (Phi) is 11.8. The van der Waals surface area contributed by atoms with Crippen molar-refractivity contribution in [2.75, 3.05) is 18.0 Å². The third kappa shape index (κ3) is 8.96. The molecular weight excluding hydrogens is 646 g/mol. The number of carbonyl (C=O) groups excluding carboxylic acids is 2. The van der Waals surface area contributed by atoms with E-state index in [1.807, 2.05) is 43.3 Å². The highest BCUT2D eigenvalue weighted by Gasteiger charge is 2.35. The van der Waals surface area contributed by atoms with Crippen molar-refractivity contribution >= 4 is 39.1 Å². The highest BCUT2D eigenvalue weighted by atomic mass is 35.5. The van der Waals surface area contributed by atoms with Crippen LogP contribution in [0.25, 0.3) is 0 Å². The molecule has 1 saturated carbocycles. The lowest BCUT2D eigenvalue weighted by molar-refractivity contribution is -0.140. The summed E-state index contributed by atoms with van der Waals surface area (Å²) in [7, 11) is -2.73. The normalized spacial score (nSPS) is 14.1. The number of ether oxygens (including phenoxy) is 1. The van der Waals surface area contributed by atoms with Crippen LogP contribution in [0.3, 0.4) is 0 Å². The van der Waals surface area contributed by atoms with Gasteiger partial charge in [0.25, 0.3) is 10.0 Å². The van der Waals surface area contributed by atoms with E-state index in [0.717, 1.165) is 47.5 Å². The maximum atomic E-state index is 14.7. The predicted molar refractivity (Wildman–Crippen MR) is 190 cm³/mol. The Morgan fingerprint density at radius 1 is 0.875 bits per heavy atom. The molecule has 0 bridgehead atoms. The topological polar surface area (TPSA) is 96.0 Å². The van der Waals surface area contributed by atoms with Gasteiger partial charge in [-0.2, -0.15) is 0 Å². The van der Waals surface area contributed by atoms with Crippen molar-refractivity contribution in [1.82, 2.24) is 10.2 Å². The Bertz CT molecular complexity index is 1790. The van der Waals surface area contributed by atoms with Crippen molar-refractivity contribution in [2.45, 2.75) is 69.0 Å². The number of carbonyl (C=O) groups is 2. The summed E-state index contributed by atoms with van der Waals surface area (Å²) in [5.41, 5.74) is 2.76. The zero-order valence-electron chi connectivity index (χ0n) is 27.3. The number of rotatable bonds is 13. The van der Waals surface area contributed by atoms with E-state index in [0.29, 0.717) is 16.3 Å². The number of anilines is 1. The van der Waals surface area contributed by atoms with E-state index in [-0.39, 0.29) is 35.5 Å². The summed E-state index contributed by atoms with van der Waals surface area (Å²) >= 11 is 6.36. The summed E-state index contributed by atoms with van der Waals surface area (Å²) in [6, 6.07) is 28.8. The van der Waals surface area contributed by atoms with Gasteiger partial charge in [-0.05, 0) is 67.3 Å². The molecule has 1 N–H and O–H groups in total. The molecule has 0 radical (unpaired) electrons. The first-order chi connectivity index (χ1) is 23.1. The second-order valence-corrected chi connectivity index (χ2v) is 14.5. The van der Waals surface area contributed by atoms with Gasteiger partial charge in [0.2, 0.25) is 11.8 Å². The summed E-state index contributed by atoms with van der Waals surface area (Å²) in [5, 5.41) is 3.72. The lowest BCUT2D eigenvalue weighted by Crippen LogP contribution is -2.55. The van der Waals surface area contributed by atoms with Crippen LogP contribution in [-0.4, -0.2) is 50.9 Å². The van der Waals surface area contributed by atoms with E-state index in [1.54, 1.807) is 54.6 Å². The number of hydrogen-bond donors (Lipinski definition) is 1. The molecule has 1 aliphatic carbocycles. The van der Waals surface area contributed by atoms with Gasteiger partial charge in [0.15, 0.2) is 0 Å². The van der Waals surface area contributed by atoms with E-state index in [4.69, 9.17) is 16.3 Å². The number of halogens is 1. The molecule has 0 saturated heterocycles. The monoisotopic (exact) mass is 687 g/mol. The van der Waals surface area contributed by atoms with Crippen LogP contribution in [0.15, 0.2) is 108 Å². The Morgan fingerprint density at radius 2 is 1.56 bits per heavy atom. The van der Waals surface area contributed by atoms with Crippen LogP contribution >= 0.6 is 11.6 Å². The van der Waals surface area contributed by atoms with Crippen LogP contribution in [0.4, 0.5) is 5.69 Å². The quantitative estimate of drug-likeness (QED) is 0.164. The summed E-state index contributed by atoms with van der Waals surface area (Å²) in [4.78, 5) is 30.5. The van der Waals surface area contributed by atoms with Gasteiger partial charge in [-0.3, -0.25) is 13.9 Å². The minimum absolute atomic E-state index is 0.0165. The summed E-state index contributed by atoms with van der Waals surface area (Å²) in [6.45, 7) is 1.37. The summed E-state index contributed by atoms with van der Waals surface area (Å²) < 4.78 is 35.1. The van der Waals surface area contributed by atoms with Crippen molar-refractivity contribution in [3.63, 3.8) is 0 Å². The first kappa shape index (κ1) is 35.0. The van der Waals surface area contributed by atoms with Gasteiger partial charge in [0, 0.05) is 30.1 Å². The van der Waals surface area contributed by atoms with Gasteiger partial charge in [-0.25, -0.2) is 8.42 Å². The van der Waals surface area contributed by atoms with Crippen LogP contribution in [-0.2, 0) is 32.6 Å². The molecule has 0 unspecified atom stereocenters. The lowest BCUT2D eigenvalue weighted by atomic mass is 9.94. The van der Waals surface area contributed by atoms with Crippen LogP contribution in [0.2, 0.25) is 5.02 Å². The first-order valence-corrected chi connectivity index (χ1v) is 18.1. The molecule has 2 amide bonds. The molecule has 1 atom stereocenters. The summed E-state index contributed by atoms with van der Waals surface area (Å²) in [6.07, 6.45) is 5.21. The van der Waals surface area contributed by atoms with Crippen molar-refractivity contribution < 1.29 is 22.7 Å². The molecule has 10 heteroatoms. The molecule has 5 rings (SSSR count). The zero-order chi connectivity index (χ0) is 34.1. The molecule has 0 spiro atoms. The Labute approximate surface area is 288 Å². The molecular formula is C38H42ClN3O5S. The van der Waals surface area contributed by atoms with Crippen molar-refractivity contribution in [1.29, 1.82) is 0 Å². The van der Waals surface area contributed by atoms with E-state index < -0.39 is 28.5 Å². The molecule has 8 nitrogen and oxygen atoms in total. The van der Waals surface area contributed by atoms with Crippen molar-refractivity contribution in [2.24, 2.45) is 0 Å². The minimum Gasteiger partial charge on any atom is -0.497 e. The number of nitrogens with one attached hydrogen (secondary N) is 1. The van der Waals surface area contributed by atoms with Gasteiger partial charge >= 0.3 is 0 Å². The largest absolute Gasteiger partial charge is 0.497 e. The predicted octanol–water partition coefficient (Wildman–Crippen LogP) is 6.94. The van der Waals surface area contributed by atoms with Gasteiger partial charge in [0.05, 0.1) is 17.7 Å². The molecule has 0 aromatic heterocycles. The van der Waals surface area contributed by atoms with Gasteiger partial charge in [-0.1, -0.05) is 97.1 Å². The Morgan fingerprint density at radius 3 is 2.25 bits per heavy atom. The number of benzene rings is 4. The minimum atomic E-state index is -4.22. The molecule has 4 aromatic carbocycles. The Hall–Kier alpha value is -4.34. The molecule has 1 aliphatic rings. The van der Waals surface area contributed by atoms with Crippen LogP contribution in [0.1, 0.15) is 48.8 Å². The van der Waals surface area contributed by atoms with E-state index in [1.165, 1.54) is 24.1 Å². The highest BCUT2D eigenvalue weighted by molar-refractivity contribution is 7.92. The number of amides is 2. The molecule has 1 fully saturated rings. The van der Waals surface area contributed by atoms with Crippen LogP contribution in [0, 0.1) is 6.92 Å². The number of methoxy groups -OCH3 is 1. The summed E-state index contributed by atoms with van der Waals surface area (Å²) in [5.74, 6) is -0.364. The fourth-order valence-electron chi connectivity index (χ4n) is 6.06. The number of aryl methyl sites for hydroxylation is 1. The van der Waals surface area contributed by atoms with E-state index in [9.17, 15) is 18.0 Å². The molecule has 48 heavy (non-hydrogen) atoms. The average molecular weight is 688 g/mol. The molecule has 4 aromatic rings. The number of sulfonamides is 1. The van der Waals surface area contributed by atoms with E-state index >= 15 is 0 Å². The third-order valence-corrected chi connectivity index (χ3v) is 10.7. The zero-order valence-corrected chi connectivity index (χ0v) is 28.9. The van der Waals surface area contributed by atoms with Crippen LogP contribution in [0.5, 0.6) is 5.75 Å². The Balaban J connectivity index is 1.57. The molecule has 0 aliphatic heterocycles. The second kappa shape index (κ2) is 16.2. The fraction of sp³-hybridized carbons (Fsp3) is 0.316. The van der Waals surface area contributed by atoms with Crippen LogP contribution < -0.4 is 14.4 Å². The molecule has 252 valence electrons. The second-order valence-electron chi connectivity index (χ2n) is 12.2. The average Bonchev–Trinajstić information content (AvgIpc) is 3.09. The number of hydrogen-bond acceptors (Lipinski definition) is 5. The maximum absolute atomic E-state index is 14.7. The van der Waals surface area contributed by atoms with Gasteiger partial charge < -0.3 is 15.0 Å². The fourth-order valence-corrected chi connectivity index (χ4v) is 7.68. The lowest BCUT2D eigenvalue weighted by Gasteiger charge is -2.35. The third-order valence-electron chi connectivity index (χ3n) is 8.69. The smallest absolute Gasteiger partial charge is 0.264 e. The standard InChI is InChI=1S/C38H42ClN3O5S/c1-28-19-21-35(22-20-28)48(45,46)42(33-17-10-18-34(25-33)47-2)27-37(43)41(26-30-13-9-14-31(39)23-30)36(24-29-11-5-3-6-12-29)38(44)40-32-15-7-4-8-16-32/h3,5-6,9-14,17-23,25,32,36H,4,7-8,15-16,24,26-27H2,1-2H3,(H,40,44)/t36-/m0/s1. The van der Waals surface area contributed by atoms with Crippen molar-refractivity contribution in [3.8, 4) is 5.75 Å². The van der Waals surface area contributed by atoms with Crippen molar-refractivity contribution in [3.05, 3.63) is 125 Å². The SMILES string of the molecule is COc1cccc(N(CC(=O)N(Cc2cccc(Cl)c2)[C@@H](Cc2ccccc2)C(=O)NC2CCCCC2)S(=O)(=O)c2ccc(C)cc2)c1. The maximum Gasteiger partial charge on any atom is 0.264 e. The molecule has 0 heterocycles.